The van der Waals surface area contributed by atoms with Crippen molar-refractivity contribution in [1.29, 1.82) is 0 Å². The first-order valence-electron chi connectivity index (χ1n) is 4.79. The highest BCUT2D eigenvalue weighted by molar-refractivity contribution is 5.35. The van der Waals surface area contributed by atoms with Crippen LogP contribution in [0.3, 0.4) is 0 Å². The van der Waals surface area contributed by atoms with Crippen molar-refractivity contribution in [3.63, 3.8) is 0 Å². The van der Waals surface area contributed by atoms with Gasteiger partial charge < -0.3 is 9.84 Å². The second kappa shape index (κ2) is 4.32. The van der Waals surface area contributed by atoms with E-state index in [9.17, 15) is 19.1 Å². The third-order valence-electron chi connectivity index (χ3n) is 2.22. The summed E-state index contributed by atoms with van der Waals surface area (Å²) in [6.07, 6.45) is 1.19. The topological polar surface area (TPSA) is 97.2 Å². The van der Waals surface area contributed by atoms with Crippen molar-refractivity contribution in [2.24, 2.45) is 0 Å². The molecule has 0 aromatic carbocycles. The van der Waals surface area contributed by atoms with E-state index in [1.165, 1.54) is 25.4 Å². The Bertz CT molecular complexity index is 690. The molecule has 2 N–H and O–H groups in total. The molecule has 0 spiro atoms. The summed E-state index contributed by atoms with van der Waals surface area (Å²) in [6, 6.07) is 2.80. The Labute approximate surface area is 99.1 Å². The van der Waals surface area contributed by atoms with Crippen molar-refractivity contribution < 1.29 is 14.2 Å². The van der Waals surface area contributed by atoms with Crippen molar-refractivity contribution in [2.75, 3.05) is 7.11 Å². The molecule has 2 aromatic heterocycles. The Balaban J connectivity index is 2.67. The first kappa shape index (κ1) is 11.8. The predicted molar refractivity (Wildman–Crippen MR) is 58.6 cm³/mol. The second-order valence-electron chi connectivity index (χ2n) is 3.29. The summed E-state index contributed by atoms with van der Waals surface area (Å²) < 4.78 is 18.6. The van der Waals surface area contributed by atoms with Crippen molar-refractivity contribution in [3.8, 4) is 17.4 Å². The standard InChI is InChI=1S/C10H8FN3O4/c1-18-6-3-2-5(4-12-6)14-9(16)7(11)8(15)13-10(14)17/h2-4,16H,1H3,(H,13,15,17). The minimum absolute atomic E-state index is 0.0912. The Kier molecular flexibility index (Phi) is 2.84. The lowest BCUT2D eigenvalue weighted by molar-refractivity contribution is 0.384. The van der Waals surface area contributed by atoms with E-state index in [2.05, 4.69) is 4.98 Å². The number of aromatic hydroxyl groups is 1. The lowest BCUT2D eigenvalue weighted by atomic mass is 10.4. The van der Waals surface area contributed by atoms with Gasteiger partial charge in [-0.25, -0.2) is 14.3 Å². The normalized spacial score (nSPS) is 10.3. The second-order valence-corrected chi connectivity index (χ2v) is 3.29. The van der Waals surface area contributed by atoms with Gasteiger partial charge in [-0.15, -0.1) is 0 Å². The Morgan fingerprint density at radius 2 is 2.17 bits per heavy atom. The molecule has 0 unspecified atom stereocenters. The monoisotopic (exact) mass is 253 g/mol. The van der Waals surface area contributed by atoms with Gasteiger partial charge in [0, 0.05) is 6.07 Å². The molecule has 2 aromatic rings. The maximum absolute atomic E-state index is 13.2. The number of methoxy groups -OCH3 is 1. The van der Waals surface area contributed by atoms with E-state index in [0.29, 0.717) is 4.57 Å². The molecule has 8 heteroatoms. The van der Waals surface area contributed by atoms with Gasteiger partial charge in [0.15, 0.2) is 0 Å². The minimum Gasteiger partial charge on any atom is -0.492 e. The zero-order chi connectivity index (χ0) is 13.3. The third-order valence-corrected chi connectivity index (χ3v) is 2.22. The quantitative estimate of drug-likeness (QED) is 0.770. The predicted octanol–water partition coefficient (Wildman–Crippen LogP) is -0.226. The Hall–Kier alpha value is -2.64. The summed E-state index contributed by atoms with van der Waals surface area (Å²) in [5, 5.41) is 9.45. The molecule has 0 bridgehead atoms. The first-order chi connectivity index (χ1) is 8.54. The largest absolute Gasteiger partial charge is 0.492 e. The van der Waals surface area contributed by atoms with Crippen LogP contribution in [0.4, 0.5) is 4.39 Å². The number of hydrogen-bond donors (Lipinski definition) is 2. The molecule has 2 heterocycles. The Morgan fingerprint density at radius 1 is 1.44 bits per heavy atom. The number of halogens is 1. The smallest absolute Gasteiger partial charge is 0.335 e. The first-order valence-corrected chi connectivity index (χ1v) is 4.79. The molecule has 0 saturated heterocycles. The van der Waals surface area contributed by atoms with Crippen LogP contribution in [-0.2, 0) is 0 Å². The zero-order valence-corrected chi connectivity index (χ0v) is 9.18. The number of H-pyrrole nitrogens is 1. The number of ether oxygens (including phenoxy) is 1. The SMILES string of the molecule is COc1ccc(-n2c(O)c(F)c(=O)[nH]c2=O)cn1. The molecule has 0 fully saturated rings. The molecule has 0 aliphatic heterocycles. The molecule has 0 atom stereocenters. The Morgan fingerprint density at radius 3 is 2.72 bits per heavy atom. The van der Waals surface area contributed by atoms with Crippen LogP contribution >= 0.6 is 0 Å². The van der Waals surface area contributed by atoms with Gasteiger partial charge >= 0.3 is 5.69 Å². The van der Waals surface area contributed by atoms with E-state index in [0.717, 1.165) is 0 Å². The van der Waals surface area contributed by atoms with Gasteiger partial charge in [-0.2, -0.15) is 4.39 Å². The van der Waals surface area contributed by atoms with Crippen LogP contribution in [0.1, 0.15) is 0 Å². The molecule has 18 heavy (non-hydrogen) atoms. The van der Waals surface area contributed by atoms with E-state index in [-0.39, 0.29) is 11.6 Å². The van der Waals surface area contributed by atoms with Crippen molar-refractivity contribution in [2.45, 2.75) is 0 Å². The van der Waals surface area contributed by atoms with Gasteiger partial charge in [0.05, 0.1) is 19.0 Å². The van der Waals surface area contributed by atoms with Gasteiger partial charge in [-0.3, -0.25) is 9.78 Å². The third kappa shape index (κ3) is 1.83. The van der Waals surface area contributed by atoms with Crippen molar-refractivity contribution >= 4 is 0 Å². The highest BCUT2D eigenvalue weighted by atomic mass is 19.1. The number of aromatic amines is 1. The summed E-state index contributed by atoms with van der Waals surface area (Å²) in [6.45, 7) is 0. The van der Waals surface area contributed by atoms with Gasteiger partial charge in [-0.05, 0) is 6.07 Å². The fourth-order valence-electron chi connectivity index (χ4n) is 1.37. The molecule has 0 amide bonds. The van der Waals surface area contributed by atoms with Crippen LogP contribution in [0.15, 0.2) is 27.9 Å². The lowest BCUT2D eigenvalue weighted by Gasteiger charge is -2.07. The maximum Gasteiger partial charge on any atom is 0.335 e. The van der Waals surface area contributed by atoms with Crippen molar-refractivity contribution in [3.05, 3.63) is 45.0 Å². The summed E-state index contributed by atoms with van der Waals surface area (Å²) >= 11 is 0. The summed E-state index contributed by atoms with van der Waals surface area (Å²) in [5.74, 6) is -2.22. The van der Waals surface area contributed by atoms with E-state index in [4.69, 9.17) is 4.74 Å². The highest BCUT2D eigenvalue weighted by Gasteiger charge is 2.15. The van der Waals surface area contributed by atoms with Crippen LogP contribution < -0.4 is 16.0 Å². The lowest BCUT2D eigenvalue weighted by Crippen LogP contribution is -2.30. The summed E-state index contributed by atoms with van der Waals surface area (Å²) in [4.78, 5) is 27.9. The molecule has 0 saturated carbocycles. The molecule has 0 radical (unpaired) electrons. The molecule has 2 rings (SSSR count). The van der Waals surface area contributed by atoms with Gasteiger partial charge in [0.2, 0.25) is 17.6 Å². The molecular weight excluding hydrogens is 245 g/mol. The van der Waals surface area contributed by atoms with Gasteiger partial charge in [0.25, 0.3) is 5.56 Å². The molecule has 7 nitrogen and oxygen atoms in total. The molecule has 0 aliphatic carbocycles. The van der Waals surface area contributed by atoms with Gasteiger partial charge in [-0.1, -0.05) is 0 Å². The summed E-state index contributed by atoms with van der Waals surface area (Å²) in [7, 11) is 1.41. The van der Waals surface area contributed by atoms with E-state index in [1.54, 1.807) is 4.98 Å². The molecule has 94 valence electrons. The molecular formula is C10H8FN3O4. The average molecular weight is 253 g/mol. The van der Waals surface area contributed by atoms with Crippen molar-refractivity contribution in [1.82, 2.24) is 14.5 Å². The van der Waals surface area contributed by atoms with Crippen LogP contribution in [0.5, 0.6) is 11.8 Å². The zero-order valence-electron chi connectivity index (χ0n) is 9.18. The van der Waals surface area contributed by atoms with Crippen LogP contribution in [-0.4, -0.2) is 26.8 Å². The summed E-state index contributed by atoms with van der Waals surface area (Å²) in [5.41, 5.74) is -2.16. The fourth-order valence-corrected chi connectivity index (χ4v) is 1.37. The minimum atomic E-state index is -1.44. The fraction of sp³-hybridized carbons (Fsp3) is 0.100. The van der Waals surface area contributed by atoms with E-state index >= 15 is 0 Å². The highest BCUT2D eigenvalue weighted by Crippen LogP contribution is 2.15. The van der Waals surface area contributed by atoms with Crippen LogP contribution in [0.25, 0.3) is 5.69 Å². The average Bonchev–Trinajstić information content (AvgIpc) is 2.37. The number of nitrogens with zero attached hydrogens (tertiary/aromatic N) is 2. The van der Waals surface area contributed by atoms with Crippen LogP contribution in [0.2, 0.25) is 0 Å². The van der Waals surface area contributed by atoms with E-state index in [1.807, 2.05) is 0 Å². The van der Waals surface area contributed by atoms with Gasteiger partial charge in [0.1, 0.15) is 0 Å². The number of nitrogens with one attached hydrogen (secondary N) is 1. The number of hydrogen-bond acceptors (Lipinski definition) is 5. The number of rotatable bonds is 2. The number of pyridine rings is 1. The maximum atomic E-state index is 13.2. The van der Waals surface area contributed by atoms with Crippen LogP contribution in [0, 0.1) is 5.82 Å². The van der Waals surface area contributed by atoms with E-state index < -0.39 is 22.9 Å². The molecule has 0 aliphatic rings. The number of aromatic nitrogens is 3.